The highest BCUT2D eigenvalue weighted by Gasteiger charge is 2.45. The molecule has 0 aliphatic carbocycles. The van der Waals surface area contributed by atoms with Gasteiger partial charge >= 0.3 is 0 Å². The largest absolute Gasteiger partial charge is 0.389 e. The Hall–Kier alpha value is -0.280. The van der Waals surface area contributed by atoms with Crippen molar-refractivity contribution in [2.24, 2.45) is 11.5 Å². The quantitative estimate of drug-likeness (QED) is 0.429. The predicted molar refractivity (Wildman–Crippen MR) is 76.1 cm³/mol. The third-order valence-electron chi connectivity index (χ3n) is 3.76. The minimum absolute atomic E-state index is 0.397. The van der Waals surface area contributed by atoms with Crippen LogP contribution < -0.4 is 11.5 Å². The second-order valence-corrected chi connectivity index (χ2v) is 5.24. The van der Waals surface area contributed by atoms with Crippen LogP contribution in [0.2, 0.25) is 0 Å². The van der Waals surface area contributed by atoms with Crippen LogP contribution in [0.25, 0.3) is 0 Å². The van der Waals surface area contributed by atoms with E-state index in [4.69, 9.17) is 20.9 Å². The molecule has 1 fully saturated rings. The number of methoxy groups -OCH3 is 1. The van der Waals surface area contributed by atoms with Gasteiger partial charge in [0.25, 0.3) is 0 Å². The second-order valence-electron chi connectivity index (χ2n) is 5.24. The Labute approximate surface area is 120 Å². The fourth-order valence-electron chi connectivity index (χ4n) is 2.64. The third kappa shape index (κ3) is 4.36. The van der Waals surface area contributed by atoms with Crippen LogP contribution in [0.4, 0.5) is 0 Å². The van der Waals surface area contributed by atoms with Gasteiger partial charge in [0.05, 0.1) is 18.2 Å². The Morgan fingerprint density at radius 1 is 1.10 bits per heavy atom. The summed E-state index contributed by atoms with van der Waals surface area (Å²) in [6.07, 6.45) is -1.20. The lowest BCUT2D eigenvalue weighted by atomic mass is 9.94. The summed E-state index contributed by atoms with van der Waals surface area (Å²) in [6.45, 7) is 4.33. The van der Waals surface area contributed by atoms with Crippen molar-refractivity contribution in [2.75, 3.05) is 33.3 Å². The Morgan fingerprint density at radius 3 is 2.10 bits per heavy atom. The molecule has 1 saturated heterocycles. The van der Waals surface area contributed by atoms with Crippen LogP contribution in [-0.4, -0.2) is 79.0 Å². The molecule has 7 heteroatoms. The van der Waals surface area contributed by atoms with Crippen molar-refractivity contribution in [3.8, 4) is 0 Å². The highest BCUT2D eigenvalue weighted by atomic mass is 16.7. The first-order chi connectivity index (χ1) is 9.56. The number of rotatable bonds is 8. The molecule has 20 heavy (non-hydrogen) atoms. The average Bonchev–Trinajstić information content (AvgIpc) is 2.45. The molecule has 1 aliphatic rings. The topological polar surface area (TPSA) is 114 Å². The van der Waals surface area contributed by atoms with Gasteiger partial charge in [-0.15, -0.1) is 0 Å². The van der Waals surface area contributed by atoms with Crippen molar-refractivity contribution >= 4 is 0 Å². The summed E-state index contributed by atoms with van der Waals surface area (Å²) in [4.78, 5) is 2.04. The van der Waals surface area contributed by atoms with Crippen molar-refractivity contribution < 1.29 is 19.7 Å². The lowest BCUT2D eigenvalue weighted by molar-refractivity contribution is -0.275. The molecule has 1 heterocycles. The maximum atomic E-state index is 10.4. The van der Waals surface area contributed by atoms with Crippen LogP contribution >= 0.6 is 0 Å². The van der Waals surface area contributed by atoms with Gasteiger partial charge in [-0.3, -0.25) is 4.90 Å². The maximum Gasteiger partial charge on any atom is 0.185 e. The zero-order valence-corrected chi connectivity index (χ0v) is 12.4. The fraction of sp³-hybridized carbons (Fsp3) is 1.00. The highest BCUT2D eigenvalue weighted by molar-refractivity contribution is 4.94. The van der Waals surface area contributed by atoms with E-state index in [1.165, 1.54) is 7.11 Å². The van der Waals surface area contributed by atoms with Crippen molar-refractivity contribution in [2.45, 2.75) is 50.4 Å². The standard InChI is InChI=1S/C13H29N3O4/c1-9-11(17)10(12(18)13(19-2)20-9)16(7-3-5-14)8-4-6-15/h9-13,17-18H,3-8,14-15H2,1-2H3/t9-,10?,11?,12+,13?/m1/s1. The molecule has 1 aliphatic heterocycles. The molecule has 0 spiro atoms. The normalized spacial score (nSPS) is 34.6. The van der Waals surface area contributed by atoms with Gasteiger partial charge in [0.2, 0.25) is 0 Å². The number of ether oxygens (including phenoxy) is 2. The van der Waals surface area contributed by atoms with Gasteiger partial charge in [-0.1, -0.05) is 0 Å². The van der Waals surface area contributed by atoms with Gasteiger partial charge < -0.3 is 31.2 Å². The monoisotopic (exact) mass is 291 g/mol. The van der Waals surface area contributed by atoms with Crippen LogP contribution in [0.15, 0.2) is 0 Å². The molecule has 120 valence electrons. The van der Waals surface area contributed by atoms with Crippen LogP contribution in [0.1, 0.15) is 19.8 Å². The summed E-state index contributed by atoms with van der Waals surface area (Å²) < 4.78 is 10.6. The molecule has 3 unspecified atom stereocenters. The van der Waals surface area contributed by atoms with Gasteiger partial charge in [0.15, 0.2) is 6.29 Å². The van der Waals surface area contributed by atoms with Gasteiger partial charge in [-0.25, -0.2) is 0 Å². The van der Waals surface area contributed by atoms with Gasteiger partial charge in [-0.2, -0.15) is 0 Å². The molecule has 1 rings (SSSR count). The molecule has 6 N–H and O–H groups in total. The Bertz CT molecular complexity index is 262. The third-order valence-corrected chi connectivity index (χ3v) is 3.76. The van der Waals surface area contributed by atoms with Crippen molar-refractivity contribution in [1.82, 2.24) is 4.90 Å². The zero-order valence-electron chi connectivity index (χ0n) is 12.4. The van der Waals surface area contributed by atoms with E-state index in [1.54, 1.807) is 6.92 Å². The van der Waals surface area contributed by atoms with E-state index in [-0.39, 0.29) is 0 Å². The Kier molecular flexibility index (Phi) is 7.90. The van der Waals surface area contributed by atoms with Crippen LogP contribution in [0.3, 0.4) is 0 Å². The van der Waals surface area contributed by atoms with Crippen LogP contribution in [-0.2, 0) is 9.47 Å². The minimum atomic E-state index is -0.901. The number of hydrogen-bond donors (Lipinski definition) is 4. The highest BCUT2D eigenvalue weighted by Crippen LogP contribution is 2.25. The summed E-state index contributed by atoms with van der Waals surface area (Å²) >= 11 is 0. The maximum absolute atomic E-state index is 10.4. The number of aliphatic hydroxyl groups excluding tert-OH is 2. The van der Waals surface area contributed by atoms with Gasteiger partial charge in [-0.05, 0) is 45.9 Å². The van der Waals surface area contributed by atoms with E-state index in [2.05, 4.69) is 0 Å². The van der Waals surface area contributed by atoms with E-state index >= 15 is 0 Å². The summed E-state index contributed by atoms with van der Waals surface area (Å²) in [5.74, 6) is 0. The van der Waals surface area contributed by atoms with E-state index in [0.29, 0.717) is 26.2 Å². The van der Waals surface area contributed by atoms with Crippen molar-refractivity contribution in [1.29, 1.82) is 0 Å². The molecule has 5 atom stereocenters. The fourth-order valence-corrected chi connectivity index (χ4v) is 2.64. The van der Waals surface area contributed by atoms with E-state index in [1.807, 2.05) is 4.90 Å². The first kappa shape index (κ1) is 17.8. The first-order valence-corrected chi connectivity index (χ1v) is 7.25. The smallest absolute Gasteiger partial charge is 0.185 e. The molecule has 0 aromatic rings. The lowest BCUT2D eigenvalue weighted by Crippen LogP contribution is -2.64. The number of aliphatic hydroxyl groups is 2. The Morgan fingerprint density at radius 2 is 1.65 bits per heavy atom. The summed E-state index contributed by atoms with van der Waals surface area (Å²) in [6, 6.07) is -0.429. The van der Waals surface area contributed by atoms with Gasteiger partial charge in [0, 0.05) is 7.11 Å². The summed E-state index contributed by atoms with van der Waals surface area (Å²) in [5, 5.41) is 20.7. The molecule has 0 aromatic carbocycles. The summed E-state index contributed by atoms with van der Waals surface area (Å²) in [7, 11) is 1.49. The predicted octanol–water partition coefficient (Wildman–Crippen LogP) is -1.53. The molecular formula is C13H29N3O4. The van der Waals surface area contributed by atoms with Crippen LogP contribution in [0.5, 0.6) is 0 Å². The molecule has 0 amide bonds. The van der Waals surface area contributed by atoms with E-state index in [0.717, 1.165) is 12.8 Å². The summed E-state index contributed by atoms with van der Waals surface area (Å²) in [5.41, 5.74) is 11.1. The molecule has 0 aromatic heterocycles. The van der Waals surface area contributed by atoms with E-state index in [9.17, 15) is 10.2 Å². The second kappa shape index (κ2) is 8.89. The molecule has 0 radical (unpaired) electrons. The van der Waals surface area contributed by atoms with E-state index < -0.39 is 30.6 Å². The minimum Gasteiger partial charge on any atom is -0.389 e. The molecule has 0 saturated carbocycles. The zero-order chi connectivity index (χ0) is 15.1. The van der Waals surface area contributed by atoms with Gasteiger partial charge in [0.1, 0.15) is 6.10 Å². The number of nitrogens with zero attached hydrogens (tertiary/aromatic N) is 1. The van der Waals surface area contributed by atoms with Crippen LogP contribution in [0, 0.1) is 0 Å². The number of hydrogen-bond acceptors (Lipinski definition) is 7. The SMILES string of the molecule is COC1O[C@H](C)C(O)C(N(CCCN)CCCN)[C@@H]1O. The molecule has 7 nitrogen and oxygen atoms in total. The first-order valence-electron chi connectivity index (χ1n) is 7.25. The number of nitrogens with two attached hydrogens (primary N) is 2. The van der Waals surface area contributed by atoms with Crippen molar-refractivity contribution in [3.05, 3.63) is 0 Å². The average molecular weight is 291 g/mol. The lowest BCUT2D eigenvalue weighted by Gasteiger charge is -2.46. The molecular weight excluding hydrogens is 262 g/mol. The Balaban J connectivity index is 2.81. The van der Waals surface area contributed by atoms with Crippen molar-refractivity contribution in [3.63, 3.8) is 0 Å². The molecule has 0 bridgehead atoms.